The van der Waals surface area contributed by atoms with E-state index >= 15 is 0 Å². The van der Waals surface area contributed by atoms with E-state index in [1.807, 2.05) is 0 Å². The van der Waals surface area contributed by atoms with Gasteiger partial charge in [-0.3, -0.25) is 9.69 Å². The van der Waals surface area contributed by atoms with E-state index < -0.39 is 5.97 Å². The molecule has 0 aromatic heterocycles. The smallest absolute Gasteiger partial charge is 0.306 e. The van der Waals surface area contributed by atoms with Crippen molar-refractivity contribution in [3.8, 4) is 0 Å². The van der Waals surface area contributed by atoms with Crippen molar-refractivity contribution in [2.24, 2.45) is 5.92 Å². The summed E-state index contributed by atoms with van der Waals surface area (Å²) in [4.78, 5) is 13.1. The molecule has 1 fully saturated rings. The topological polar surface area (TPSA) is 61.8 Å². The number of rotatable bonds is 9. The predicted molar refractivity (Wildman–Crippen MR) is 80.0 cm³/mol. The van der Waals surface area contributed by atoms with E-state index in [1.165, 1.54) is 0 Å². The number of carboxylic acids is 1. The maximum Gasteiger partial charge on any atom is 0.306 e. The minimum absolute atomic E-state index is 0.234. The summed E-state index contributed by atoms with van der Waals surface area (Å²) in [6, 6.07) is 0.414. The Morgan fingerprint density at radius 1 is 1.45 bits per heavy atom. The second-order valence-corrected chi connectivity index (χ2v) is 5.87. The van der Waals surface area contributed by atoms with Gasteiger partial charge in [0, 0.05) is 25.7 Å². The average Bonchev–Trinajstić information content (AvgIpc) is 2.45. The first kappa shape index (κ1) is 17.4. The lowest BCUT2D eigenvalue weighted by Gasteiger charge is -2.32. The van der Waals surface area contributed by atoms with Crippen molar-refractivity contribution in [3.63, 3.8) is 0 Å². The van der Waals surface area contributed by atoms with Crippen molar-refractivity contribution >= 4 is 5.97 Å². The van der Waals surface area contributed by atoms with Gasteiger partial charge in [0.05, 0.1) is 18.6 Å². The second-order valence-electron chi connectivity index (χ2n) is 5.87. The number of likely N-dealkylation sites (N-methyl/N-ethyl adjacent to an activating group) is 1. The van der Waals surface area contributed by atoms with Crippen LogP contribution in [0, 0.1) is 5.92 Å². The van der Waals surface area contributed by atoms with Crippen molar-refractivity contribution in [2.75, 3.05) is 32.8 Å². The predicted octanol–water partition coefficient (Wildman–Crippen LogP) is 1.58. The van der Waals surface area contributed by atoms with E-state index in [2.05, 4.69) is 24.1 Å². The number of nitrogens with one attached hydrogen (secondary N) is 1. The van der Waals surface area contributed by atoms with Crippen LogP contribution in [0.25, 0.3) is 0 Å². The van der Waals surface area contributed by atoms with Crippen LogP contribution in [0.4, 0.5) is 0 Å². The molecule has 5 heteroatoms. The second kappa shape index (κ2) is 9.32. The first-order valence-electron chi connectivity index (χ1n) is 7.83. The summed E-state index contributed by atoms with van der Waals surface area (Å²) in [5.41, 5.74) is 0. The van der Waals surface area contributed by atoms with Gasteiger partial charge in [-0.25, -0.2) is 0 Å². The zero-order chi connectivity index (χ0) is 15.0. The van der Waals surface area contributed by atoms with E-state index in [0.717, 1.165) is 52.0 Å². The zero-order valence-corrected chi connectivity index (χ0v) is 13.1. The molecule has 1 aliphatic rings. The molecule has 0 radical (unpaired) electrons. The number of carbonyl (C=O) groups is 1. The molecular formula is C15H30N2O3. The van der Waals surface area contributed by atoms with Crippen molar-refractivity contribution in [1.29, 1.82) is 0 Å². The van der Waals surface area contributed by atoms with Crippen LogP contribution < -0.4 is 5.32 Å². The van der Waals surface area contributed by atoms with Crippen molar-refractivity contribution in [2.45, 2.75) is 52.2 Å². The lowest BCUT2D eigenvalue weighted by atomic mass is 10.0. The lowest BCUT2D eigenvalue weighted by Crippen LogP contribution is -2.47. The maximum atomic E-state index is 10.7. The molecule has 5 nitrogen and oxygen atoms in total. The standard InChI is InChI=1S/C15H30N2O3/c1-4-17-8-9-20-14(11-17)10-16-13(3)7-5-6-12(2)15(18)19/h12-14,16H,4-11H2,1-3H3,(H,18,19). The van der Waals surface area contributed by atoms with Crippen LogP contribution in [0.15, 0.2) is 0 Å². The Morgan fingerprint density at radius 2 is 2.20 bits per heavy atom. The van der Waals surface area contributed by atoms with Crippen LogP contribution in [-0.2, 0) is 9.53 Å². The molecule has 0 bridgehead atoms. The Hall–Kier alpha value is -0.650. The van der Waals surface area contributed by atoms with Crippen LogP contribution in [0.1, 0.15) is 40.0 Å². The highest BCUT2D eigenvalue weighted by Crippen LogP contribution is 2.10. The monoisotopic (exact) mass is 286 g/mol. The summed E-state index contributed by atoms with van der Waals surface area (Å²) in [5, 5.41) is 12.3. The molecule has 0 amide bonds. The van der Waals surface area contributed by atoms with Crippen molar-refractivity contribution < 1.29 is 14.6 Å². The molecule has 20 heavy (non-hydrogen) atoms. The van der Waals surface area contributed by atoms with Gasteiger partial charge >= 0.3 is 5.97 Å². The molecule has 1 aliphatic heterocycles. The number of morpholine rings is 1. The highest BCUT2D eigenvalue weighted by atomic mass is 16.5. The fraction of sp³-hybridized carbons (Fsp3) is 0.933. The fourth-order valence-corrected chi connectivity index (χ4v) is 2.48. The Labute approximate surface area is 122 Å². The van der Waals surface area contributed by atoms with E-state index in [9.17, 15) is 4.79 Å². The largest absolute Gasteiger partial charge is 0.481 e. The molecule has 118 valence electrons. The number of ether oxygens (including phenoxy) is 1. The minimum Gasteiger partial charge on any atom is -0.481 e. The summed E-state index contributed by atoms with van der Waals surface area (Å²) in [5.74, 6) is -0.928. The molecule has 1 heterocycles. The summed E-state index contributed by atoms with van der Waals surface area (Å²) < 4.78 is 5.75. The number of carboxylic acid groups (broad SMARTS) is 1. The summed E-state index contributed by atoms with van der Waals surface area (Å²) >= 11 is 0. The Balaban J connectivity index is 2.10. The van der Waals surface area contributed by atoms with Gasteiger partial charge in [0.15, 0.2) is 0 Å². The molecule has 3 unspecified atom stereocenters. The van der Waals surface area contributed by atoms with Crippen LogP contribution in [-0.4, -0.2) is 60.9 Å². The van der Waals surface area contributed by atoms with Gasteiger partial charge in [-0.2, -0.15) is 0 Å². The van der Waals surface area contributed by atoms with Crippen LogP contribution in [0.5, 0.6) is 0 Å². The first-order valence-corrected chi connectivity index (χ1v) is 7.83. The summed E-state index contributed by atoms with van der Waals surface area (Å²) in [7, 11) is 0. The van der Waals surface area contributed by atoms with E-state index in [0.29, 0.717) is 6.04 Å². The molecule has 1 rings (SSSR count). The lowest BCUT2D eigenvalue weighted by molar-refractivity contribution is -0.141. The molecule has 0 saturated carbocycles. The zero-order valence-electron chi connectivity index (χ0n) is 13.1. The summed E-state index contributed by atoms with van der Waals surface area (Å²) in [6.07, 6.45) is 3.00. The molecule has 0 aliphatic carbocycles. The highest BCUT2D eigenvalue weighted by molar-refractivity contribution is 5.69. The van der Waals surface area contributed by atoms with Crippen LogP contribution in [0.2, 0.25) is 0 Å². The van der Waals surface area contributed by atoms with Gasteiger partial charge in [0.25, 0.3) is 0 Å². The van der Waals surface area contributed by atoms with Crippen LogP contribution >= 0.6 is 0 Å². The van der Waals surface area contributed by atoms with Gasteiger partial charge in [-0.1, -0.05) is 20.3 Å². The molecule has 0 spiro atoms. The Kier molecular flexibility index (Phi) is 8.11. The van der Waals surface area contributed by atoms with Crippen LogP contribution in [0.3, 0.4) is 0 Å². The van der Waals surface area contributed by atoms with Gasteiger partial charge < -0.3 is 15.2 Å². The van der Waals surface area contributed by atoms with Crippen molar-refractivity contribution in [3.05, 3.63) is 0 Å². The third-order valence-corrected chi connectivity index (χ3v) is 4.06. The third kappa shape index (κ3) is 6.68. The number of hydrogen-bond acceptors (Lipinski definition) is 4. The van der Waals surface area contributed by atoms with E-state index in [1.54, 1.807) is 6.92 Å². The first-order chi connectivity index (χ1) is 9.52. The molecule has 1 saturated heterocycles. The maximum absolute atomic E-state index is 10.7. The molecule has 0 aromatic carbocycles. The van der Waals surface area contributed by atoms with E-state index in [4.69, 9.17) is 9.84 Å². The summed E-state index contributed by atoms with van der Waals surface area (Å²) in [6.45, 7) is 10.9. The molecular weight excluding hydrogens is 256 g/mol. The van der Waals surface area contributed by atoms with Crippen molar-refractivity contribution in [1.82, 2.24) is 10.2 Å². The van der Waals surface area contributed by atoms with Gasteiger partial charge in [-0.15, -0.1) is 0 Å². The van der Waals surface area contributed by atoms with E-state index in [-0.39, 0.29) is 12.0 Å². The quantitative estimate of drug-likeness (QED) is 0.674. The fourth-order valence-electron chi connectivity index (χ4n) is 2.48. The number of aliphatic carboxylic acids is 1. The van der Waals surface area contributed by atoms with Gasteiger partial charge in [0.2, 0.25) is 0 Å². The van der Waals surface area contributed by atoms with Gasteiger partial charge in [-0.05, 0) is 26.3 Å². The molecule has 0 aromatic rings. The SMILES string of the molecule is CCN1CCOC(CNC(C)CCCC(C)C(=O)O)C1. The number of hydrogen-bond donors (Lipinski definition) is 2. The average molecular weight is 286 g/mol. The third-order valence-electron chi connectivity index (χ3n) is 4.06. The minimum atomic E-state index is -0.694. The van der Waals surface area contributed by atoms with Gasteiger partial charge in [0.1, 0.15) is 0 Å². The highest BCUT2D eigenvalue weighted by Gasteiger charge is 2.19. The Morgan fingerprint density at radius 3 is 2.85 bits per heavy atom. The number of nitrogens with zero attached hydrogens (tertiary/aromatic N) is 1. The molecule has 2 N–H and O–H groups in total. The Bertz CT molecular complexity index is 286. The molecule has 3 atom stereocenters. The normalized spacial score (nSPS) is 23.4.